The minimum absolute atomic E-state index is 0.0231. The van der Waals surface area contributed by atoms with Gasteiger partial charge in [0.05, 0.1) is 0 Å². The van der Waals surface area contributed by atoms with Crippen LogP contribution in [-0.4, -0.2) is 5.78 Å². The first-order valence-corrected chi connectivity index (χ1v) is 6.52. The smallest absolute Gasteiger partial charge is 0.160 e. The summed E-state index contributed by atoms with van der Waals surface area (Å²) in [5.74, 6) is -0.291. The minimum atomic E-state index is -0.314. The van der Waals surface area contributed by atoms with Crippen molar-refractivity contribution in [1.82, 2.24) is 0 Å². The number of allylic oxidation sites excluding steroid dienone is 2. The fourth-order valence-corrected chi connectivity index (χ4v) is 1.99. The number of benzene rings is 1. The molecule has 1 aromatic rings. The number of carbonyl (C=O) groups is 1. The van der Waals surface area contributed by atoms with Gasteiger partial charge in [-0.25, -0.2) is 4.39 Å². The molecule has 0 radical (unpaired) electrons. The van der Waals surface area contributed by atoms with Gasteiger partial charge in [0.2, 0.25) is 0 Å². The molecule has 0 unspecified atom stereocenters. The average Bonchev–Trinajstić information content (AvgIpc) is 2.31. The van der Waals surface area contributed by atoms with Crippen LogP contribution in [0.3, 0.4) is 0 Å². The maximum Gasteiger partial charge on any atom is 0.160 e. The highest BCUT2D eigenvalue weighted by Crippen LogP contribution is 2.19. The summed E-state index contributed by atoms with van der Waals surface area (Å²) in [6, 6.07) is 4.40. The molecule has 17 heavy (non-hydrogen) atoms. The van der Waals surface area contributed by atoms with Gasteiger partial charge in [-0.15, -0.1) is 0 Å². The van der Waals surface area contributed by atoms with Crippen molar-refractivity contribution < 1.29 is 9.18 Å². The van der Waals surface area contributed by atoms with E-state index in [0.29, 0.717) is 5.56 Å². The van der Waals surface area contributed by atoms with Crippen molar-refractivity contribution in [2.45, 2.75) is 33.1 Å². The largest absolute Gasteiger partial charge is 0.294 e. The minimum Gasteiger partial charge on any atom is -0.294 e. The molecule has 0 atom stereocenters. The van der Waals surface area contributed by atoms with Gasteiger partial charge in [0.25, 0.3) is 0 Å². The second kappa shape index (κ2) is 6.70. The van der Waals surface area contributed by atoms with Crippen LogP contribution in [0.25, 0.3) is 0 Å². The highest BCUT2D eigenvalue weighted by atomic mass is 79.9. The molecule has 0 aliphatic heterocycles. The van der Waals surface area contributed by atoms with Gasteiger partial charge in [-0.2, -0.15) is 0 Å². The van der Waals surface area contributed by atoms with E-state index in [9.17, 15) is 9.18 Å². The molecule has 1 rings (SSSR count). The summed E-state index contributed by atoms with van der Waals surface area (Å²) >= 11 is 3.32. The van der Waals surface area contributed by atoms with Crippen LogP contribution < -0.4 is 0 Å². The fraction of sp³-hybridized carbons (Fsp3) is 0.357. The van der Waals surface area contributed by atoms with E-state index in [-0.39, 0.29) is 18.0 Å². The predicted octanol–water partition coefficient (Wildman–Crippen LogP) is 4.45. The SMILES string of the molecule is CCC(=CC(=O)Cc1cc(F)ccc1Br)CC. The topological polar surface area (TPSA) is 17.1 Å². The maximum absolute atomic E-state index is 13.0. The molecule has 1 aromatic carbocycles. The Labute approximate surface area is 110 Å². The van der Waals surface area contributed by atoms with E-state index >= 15 is 0 Å². The number of halogens is 2. The molecule has 0 aliphatic carbocycles. The van der Waals surface area contributed by atoms with Crippen molar-refractivity contribution in [2.75, 3.05) is 0 Å². The number of hydrogen-bond acceptors (Lipinski definition) is 1. The molecule has 92 valence electrons. The number of carbonyl (C=O) groups excluding carboxylic acids is 1. The second-order valence-electron chi connectivity index (χ2n) is 3.89. The zero-order valence-electron chi connectivity index (χ0n) is 10.1. The van der Waals surface area contributed by atoms with Crippen molar-refractivity contribution in [3.05, 3.63) is 45.7 Å². The third-order valence-corrected chi connectivity index (χ3v) is 3.42. The Kier molecular flexibility index (Phi) is 5.56. The molecule has 0 N–H and O–H groups in total. The second-order valence-corrected chi connectivity index (χ2v) is 4.74. The third-order valence-electron chi connectivity index (χ3n) is 2.65. The van der Waals surface area contributed by atoms with E-state index < -0.39 is 0 Å². The van der Waals surface area contributed by atoms with Crippen molar-refractivity contribution in [3.63, 3.8) is 0 Å². The van der Waals surface area contributed by atoms with Crippen LogP contribution in [0.4, 0.5) is 4.39 Å². The summed E-state index contributed by atoms with van der Waals surface area (Å²) in [6.45, 7) is 4.06. The lowest BCUT2D eigenvalue weighted by Crippen LogP contribution is -2.01. The Bertz CT molecular complexity index is 432. The molecular weight excluding hydrogens is 283 g/mol. The zero-order valence-corrected chi connectivity index (χ0v) is 11.7. The zero-order chi connectivity index (χ0) is 12.8. The normalized spacial score (nSPS) is 10.1. The van der Waals surface area contributed by atoms with Crippen LogP contribution in [-0.2, 0) is 11.2 Å². The molecule has 0 amide bonds. The van der Waals surface area contributed by atoms with E-state index in [1.54, 1.807) is 12.1 Å². The molecule has 0 aliphatic rings. The first-order chi connectivity index (χ1) is 8.06. The third kappa shape index (κ3) is 4.43. The van der Waals surface area contributed by atoms with E-state index in [0.717, 1.165) is 22.9 Å². The Morgan fingerprint density at radius 3 is 2.59 bits per heavy atom. The lowest BCUT2D eigenvalue weighted by atomic mass is 10.0. The first kappa shape index (κ1) is 14.1. The first-order valence-electron chi connectivity index (χ1n) is 5.73. The molecule has 0 saturated heterocycles. The summed E-state index contributed by atoms with van der Waals surface area (Å²) < 4.78 is 13.8. The Hall–Kier alpha value is -0.960. The van der Waals surface area contributed by atoms with Gasteiger partial charge in [-0.3, -0.25) is 4.79 Å². The number of hydrogen-bond donors (Lipinski definition) is 0. The van der Waals surface area contributed by atoms with E-state index in [4.69, 9.17) is 0 Å². The lowest BCUT2D eigenvalue weighted by Gasteiger charge is -2.03. The summed E-state index contributed by atoms with van der Waals surface area (Å²) in [5.41, 5.74) is 1.82. The monoisotopic (exact) mass is 298 g/mol. The predicted molar refractivity (Wildman–Crippen MR) is 71.5 cm³/mol. The Morgan fingerprint density at radius 2 is 2.00 bits per heavy atom. The molecule has 1 nitrogen and oxygen atoms in total. The Balaban J connectivity index is 2.81. The van der Waals surface area contributed by atoms with Crippen LogP contribution in [0, 0.1) is 5.82 Å². The van der Waals surface area contributed by atoms with Gasteiger partial charge < -0.3 is 0 Å². The van der Waals surface area contributed by atoms with Gasteiger partial charge in [0, 0.05) is 10.9 Å². The summed E-state index contributed by atoms with van der Waals surface area (Å²) in [4.78, 5) is 11.8. The molecule has 0 bridgehead atoms. The summed E-state index contributed by atoms with van der Waals surface area (Å²) in [7, 11) is 0. The van der Waals surface area contributed by atoms with Crippen LogP contribution >= 0.6 is 15.9 Å². The van der Waals surface area contributed by atoms with Crippen molar-refractivity contribution in [1.29, 1.82) is 0 Å². The van der Waals surface area contributed by atoms with Gasteiger partial charge in [0.15, 0.2) is 5.78 Å². The van der Waals surface area contributed by atoms with Crippen LogP contribution in [0.2, 0.25) is 0 Å². The average molecular weight is 299 g/mol. The number of rotatable bonds is 5. The molecule has 0 spiro atoms. The van der Waals surface area contributed by atoms with E-state index in [1.807, 2.05) is 13.8 Å². The summed E-state index contributed by atoms with van der Waals surface area (Å²) in [5, 5.41) is 0. The highest BCUT2D eigenvalue weighted by molar-refractivity contribution is 9.10. The van der Waals surface area contributed by atoms with Gasteiger partial charge in [-0.1, -0.05) is 35.4 Å². The maximum atomic E-state index is 13.0. The molecular formula is C14H16BrFO. The van der Waals surface area contributed by atoms with Crippen molar-refractivity contribution in [3.8, 4) is 0 Å². The molecule has 0 aromatic heterocycles. The molecule has 0 saturated carbocycles. The standard InChI is InChI=1S/C14H16BrFO/c1-3-10(4-2)7-13(17)9-11-8-12(16)5-6-14(11)15/h5-8H,3-4,9H2,1-2H3. The van der Waals surface area contributed by atoms with Crippen molar-refractivity contribution in [2.24, 2.45) is 0 Å². The van der Waals surface area contributed by atoms with Gasteiger partial charge >= 0.3 is 0 Å². The van der Waals surface area contributed by atoms with Crippen LogP contribution in [0.15, 0.2) is 34.3 Å². The molecule has 3 heteroatoms. The quantitative estimate of drug-likeness (QED) is 0.734. The van der Waals surface area contributed by atoms with E-state index in [1.165, 1.54) is 12.1 Å². The number of ketones is 1. The van der Waals surface area contributed by atoms with E-state index in [2.05, 4.69) is 15.9 Å². The summed E-state index contributed by atoms with van der Waals surface area (Å²) in [6.07, 6.45) is 3.68. The van der Waals surface area contributed by atoms with Gasteiger partial charge in [-0.05, 0) is 42.7 Å². The van der Waals surface area contributed by atoms with Gasteiger partial charge in [0.1, 0.15) is 5.82 Å². The highest BCUT2D eigenvalue weighted by Gasteiger charge is 2.07. The van der Waals surface area contributed by atoms with Crippen LogP contribution in [0.1, 0.15) is 32.3 Å². The lowest BCUT2D eigenvalue weighted by molar-refractivity contribution is -0.114. The fourth-order valence-electron chi connectivity index (χ4n) is 1.60. The Morgan fingerprint density at radius 1 is 1.35 bits per heavy atom. The van der Waals surface area contributed by atoms with Crippen LogP contribution in [0.5, 0.6) is 0 Å². The molecule has 0 heterocycles. The van der Waals surface area contributed by atoms with Crippen molar-refractivity contribution >= 4 is 21.7 Å². The molecule has 0 fully saturated rings.